The molecule has 1 heterocycles. The van der Waals surface area contributed by atoms with Gasteiger partial charge in [-0.3, -0.25) is 0 Å². The topological polar surface area (TPSA) is 12.0 Å². The van der Waals surface area contributed by atoms with Crippen molar-refractivity contribution in [3.63, 3.8) is 0 Å². The standard InChI is InChI=1S/C18H28BrNS/c19-18-11-10-15(21-18)12-13-20-17-9-5-4-8-16(17)14-6-2-1-3-7-14/h10-11,14,16-17,20H,1-9,12-13H2. The van der Waals surface area contributed by atoms with Crippen LogP contribution in [0, 0.1) is 11.8 Å². The Labute approximate surface area is 142 Å². The Hall–Kier alpha value is 0.140. The molecule has 0 aromatic carbocycles. The lowest BCUT2D eigenvalue weighted by atomic mass is 9.71. The molecule has 0 radical (unpaired) electrons. The van der Waals surface area contributed by atoms with Crippen LogP contribution in [0.5, 0.6) is 0 Å². The van der Waals surface area contributed by atoms with Crippen molar-refractivity contribution >= 4 is 27.3 Å². The Balaban J connectivity index is 1.49. The Morgan fingerprint density at radius 2 is 1.76 bits per heavy atom. The van der Waals surface area contributed by atoms with Gasteiger partial charge in [-0.25, -0.2) is 0 Å². The zero-order valence-corrected chi connectivity index (χ0v) is 15.4. The molecule has 0 spiro atoms. The lowest BCUT2D eigenvalue weighted by molar-refractivity contribution is 0.150. The molecular weight excluding hydrogens is 342 g/mol. The smallest absolute Gasteiger partial charge is 0.0701 e. The molecule has 2 atom stereocenters. The van der Waals surface area contributed by atoms with E-state index in [0.717, 1.165) is 24.4 Å². The van der Waals surface area contributed by atoms with Gasteiger partial charge in [0.1, 0.15) is 0 Å². The fourth-order valence-corrected chi connectivity index (χ4v) is 5.89. The summed E-state index contributed by atoms with van der Waals surface area (Å²) < 4.78 is 1.26. The summed E-state index contributed by atoms with van der Waals surface area (Å²) in [5.74, 6) is 1.99. The van der Waals surface area contributed by atoms with Crippen molar-refractivity contribution in [1.29, 1.82) is 0 Å². The highest BCUT2D eigenvalue weighted by molar-refractivity contribution is 9.11. The first kappa shape index (κ1) is 16.0. The lowest BCUT2D eigenvalue weighted by Crippen LogP contribution is -2.43. The SMILES string of the molecule is Brc1ccc(CCNC2CCCCC2C2CCCCC2)s1. The highest BCUT2D eigenvalue weighted by Crippen LogP contribution is 2.38. The predicted molar refractivity (Wildman–Crippen MR) is 96.0 cm³/mol. The van der Waals surface area contributed by atoms with Crippen LogP contribution in [0.3, 0.4) is 0 Å². The van der Waals surface area contributed by atoms with E-state index in [9.17, 15) is 0 Å². The molecule has 0 aliphatic heterocycles. The van der Waals surface area contributed by atoms with E-state index in [-0.39, 0.29) is 0 Å². The van der Waals surface area contributed by atoms with Gasteiger partial charge in [0.25, 0.3) is 0 Å². The molecule has 1 aromatic heterocycles. The van der Waals surface area contributed by atoms with E-state index in [2.05, 4.69) is 33.4 Å². The van der Waals surface area contributed by atoms with Crippen LogP contribution in [0.1, 0.15) is 62.7 Å². The summed E-state index contributed by atoms with van der Waals surface area (Å²) in [6.07, 6.45) is 14.4. The van der Waals surface area contributed by atoms with Crippen LogP contribution in [-0.4, -0.2) is 12.6 Å². The molecule has 3 heteroatoms. The minimum atomic E-state index is 0.797. The molecule has 1 aromatic rings. The van der Waals surface area contributed by atoms with Crippen LogP contribution in [-0.2, 0) is 6.42 Å². The van der Waals surface area contributed by atoms with E-state index in [0.29, 0.717) is 0 Å². The van der Waals surface area contributed by atoms with Crippen molar-refractivity contribution in [2.45, 2.75) is 70.3 Å². The molecule has 0 saturated heterocycles. The molecule has 2 aliphatic rings. The van der Waals surface area contributed by atoms with Gasteiger partial charge in [-0.05, 0) is 59.2 Å². The maximum absolute atomic E-state index is 3.92. The van der Waals surface area contributed by atoms with Crippen LogP contribution in [0.2, 0.25) is 0 Å². The summed E-state index contributed by atoms with van der Waals surface area (Å²) in [6.45, 7) is 1.15. The molecule has 1 N–H and O–H groups in total. The normalized spacial score (nSPS) is 27.9. The molecule has 2 fully saturated rings. The van der Waals surface area contributed by atoms with E-state index in [1.807, 2.05) is 11.3 Å². The first-order valence-corrected chi connectivity index (χ1v) is 10.4. The van der Waals surface area contributed by atoms with Gasteiger partial charge in [0, 0.05) is 17.5 Å². The van der Waals surface area contributed by atoms with E-state index >= 15 is 0 Å². The maximum Gasteiger partial charge on any atom is 0.0701 e. The van der Waals surface area contributed by atoms with E-state index in [1.165, 1.54) is 72.9 Å². The number of thiophene rings is 1. The largest absolute Gasteiger partial charge is 0.313 e. The summed E-state index contributed by atoms with van der Waals surface area (Å²) in [5.41, 5.74) is 0. The minimum absolute atomic E-state index is 0.797. The number of hydrogen-bond acceptors (Lipinski definition) is 2. The molecule has 1 nitrogen and oxygen atoms in total. The Bertz CT molecular complexity index is 425. The third-order valence-corrected chi connectivity index (χ3v) is 7.16. The van der Waals surface area contributed by atoms with Crippen molar-refractivity contribution < 1.29 is 0 Å². The second-order valence-corrected chi connectivity index (χ2v) is 9.41. The van der Waals surface area contributed by atoms with Crippen LogP contribution in [0.4, 0.5) is 0 Å². The minimum Gasteiger partial charge on any atom is -0.313 e. The number of hydrogen-bond donors (Lipinski definition) is 1. The van der Waals surface area contributed by atoms with Crippen LogP contribution in [0.15, 0.2) is 15.9 Å². The van der Waals surface area contributed by atoms with Crippen molar-refractivity contribution in [3.05, 3.63) is 20.8 Å². The molecule has 2 unspecified atom stereocenters. The van der Waals surface area contributed by atoms with Crippen LogP contribution < -0.4 is 5.32 Å². The van der Waals surface area contributed by atoms with Crippen molar-refractivity contribution in [3.8, 4) is 0 Å². The number of nitrogens with one attached hydrogen (secondary N) is 1. The van der Waals surface area contributed by atoms with Crippen molar-refractivity contribution in [2.24, 2.45) is 11.8 Å². The van der Waals surface area contributed by atoms with Gasteiger partial charge in [0.15, 0.2) is 0 Å². The van der Waals surface area contributed by atoms with Crippen molar-refractivity contribution in [1.82, 2.24) is 5.32 Å². The third-order valence-electron chi connectivity index (χ3n) is 5.48. The summed E-state index contributed by atoms with van der Waals surface area (Å²) in [4.78, 5) is 1.50. The maximum atomic E-state index is 3.92. The number of halogens is 1. The zero-order chi connectivity index (χ0) is 14.5. The molecular formula is C18H28BrNS. The van der Waals surface area contributed by atoms with Crippen LogP contribution >= 0.6 is 27.3 Å². The van der Waals surface area contributed by atoms with Crippen LogP contribution in [0.25, 0.3) is 0 Å². The fraction of sp³-hybridized carbons (Fsp3) is 0.778. The highest BCUT2D eigenvalue weighted by atomic mass is 79.9. The van der Waals surface area contributed by atoms with Gasteiger partial charge in [-0.15, -0.1) is 11.3 Å². The van der Waals surface area contributed by atoms with E-state index in [4.69, 9.17) is 0 Å². The Kier molecular flexibility index (Phi) is 6.19. The molecule has 21 heavy (non-hydrogen) atoms. The summed E-state index contributed by atoms with van der Waals surface area (Å²) in [5, 5.41) is 3.92. The fourth-order valence-electron chi connectivity index (χ4n) is 4.41. The van der Waals surface area contributed by atoms with Gasteiger partial charge >= 0.3 is 0 Å². The Morgan fingerprint density at radius 3 is 2.52 bits per heavy atom. The quantitative estimate of drug-likeness (QED) is 0.693. The van der Waals surface area contributed by atoms with Gasteiger partial charge < -0.3 is 5.32 Å². The summed E-state index contributed by atoms with van der Waals surface area (Å²) in [6, 6.07) is 5.23. The highest BCUT2D eigenvalue weighted by Gasteiger charge is 2.31. The average molecular weight is 370 g/mol. The zero-order valence-electron chi connectivity index (χ0n) is 13.0. The molecule has 118 valence electrons. The van der Waals surface area contributed by atoms with Gasteiger partial charge in [0.2, 0.25) is 0 Å². The van der Waals surface area contributed by atoms with Gasteiger partial charge in [0.05, 0.1) is 3.79 Å². The third kappa shape index (κ3) is 4.56. The first-order valence-electron chi connectivity index (χ1n) is 8.80. The Morgan fingerprint density at radius 1 is 1.00 bits per heavy atom. The van der Waals surface area contributed by atoms with E-state index < -0.39 is 0 Å². The monoisotopic (exact) mass is 369 g/mol. The van der Waals surface area contributed by atoms with Gasteiger partial charge in [-0.2, -0.15) is 0 Å². The number of rotatable bonds is 5. The predicted octanol–water partition coefficient (Wildman–Crippen LogP) is 5.78. The van der Waals surface area contributed by atoms with E-state index in [1.54, 1.807) is 0 Å². The molecule has 0 bridgehead atoms. The summed E-state index contributed by atoms with van der Waals surface area (Å²) in [7, 11) is 0. The molecule has 2 aliphatic carbocycles. The van der Waals surface area contributed by atoms with Crippen molar-refractivity contribution in [2.75, 3.05) is 6.54 Å². The summed E-state index contributed by atoms with van der Waals surface area (Å²) >= 11 is 5.44. The second kappa shape index (κ2) is 8.12. The molecule has 0 amide bonds. The average Bonchev–Trinajstić information content (AvgIpc) is 2.94. The molecule has 3 rings (SSSR count). The second-order valence-electron chi connectivity index (χ2n) is 6.86. The first-order chi connectivity index (χ1) is 10.3. The molecule has 2 saturated carbocycles. The lowest BCUT2D eigenvalue weighted by Gasteiger charge is -2.39. The van der Waals surface area contributed by atoms with Gasteiger partial charge in [-0.1, -0.05) is 44.9 Å².